The second-order valence-electron chi connectivity index (χ2n) is 6.41. The average molecular weight is 429 g/mol. The third kappa shape index (κ3) is 5.46. The maximum absolute atomic E-state index is 12.4. The Kier molecular flexibility index (Phi) is 7.06. The fourth-order valence-corrected chi connectivity index (χ4v) is 3.73. The van der Waals surface area contributed by atoms with Crippen LogP contribution >= 0.6 is 23.4 Å². The molecule has 1 heterocycles. The molecule has 0 bridgehead atoms. The summed E-state index contributed by atoms with van der Waals surface area (Å²) in [6.45, 7) is 4.85. The van der Waals surface area contributed by atoms with Crippen LogP contribution in [0.25, 0.3) is 0 Å². The summed E-state index contributed by atoms with van der Waals surface area (Å²) in [5.41, 5.74) is 2.30. The lowest BCUT2D eigenvalue weighted by Crippen LogP contribution is -2.24. The minimum atomic E-state index is -0.164. The van der Waals surface area contributed by atoms with Crippen molar-refractivity contribution < 1.29 is 9.59 Å². The first-order chi connectivity index (χ1) is 14.0. The molecule has 2 aromatic carbocycles. The molecule has 1 N–H and O–H groups in total. The van der Waals surface area contributed by atoms with Crippen LogP contribution in [0.1, 0.15) is 39.0 Å². The van der Waals surface area contributed by atoms with Crippen LogP contribution in [0.3, 0.4) is 0 Å². The van der Waals surface area contributed by atoms with E-state index in [1.54, 1.807) is 36.4 Å². The van der Waals surface area contributed by atoms with Crippen molar-refractivity contribution in [2.75, 3.05) is 5.75 Å². The second kappa shape index (κ2) is 9.71. The topological polar surface area (TPSA) is 76.9 Å². The van der Waals surface area contributed by atoms with Gasteiger partial charge in [-0.25, -0.2) is 0 Å². The molecule has 0 saturated heterocycles. The number of rotatable bonds is 8. The molecule has 0 aliphatic heterocycles. The highest BCUT2D eigenvalue weighted by atomic mass is 35.5. The number of hydrogen-bond donors (Lipinski definition) is 1. The van der Waals surface area contributed by atoms with Crippen molar-refractivity contribution in [3.05, 3.63) is 76.1 Å². The van der Waals surface area contributed by atoms with Crippen molar-refractivity contribution in [2.24, 2.45) is 0 Å². The molecule has 3 aromatic rings. The minimum Gasteiger partial charge on any atom is -0.345 e. The van der Waals surface area contributed by atoms with Gasteiger partial charge in [-0.15, -0.1) is 10.2 Å². The molecule has 0 saturated carbocycles. The van der Waals surface area contributed by atoms with Crippen LogP contribution in [0.5, 0.6) is 0 Å². The lowest BCUT2D eigenvalue weighted by Gasteiger charge is -2.08. The molecule has 29 heavy (non-hydrogen) atoms. The summed E-state index contributed by atoms with van der Waals surface area (Å²) >= 11 is 7.19. The Morgan fingerprint density at radius 2 is 1.69 bits per heavy atom. The van der Waals surface area contributed by atoms with Crippen LogP contribution in [0.15, 0.2) is 53.7 Å². The van der Waals surface area contributed by atoms with Gasteiger partial charge in [0.25, 0.3) is 5.91 Å². The van der Waals surface area contributed by atoms with Gasteiger partial charge in [0.2, 0.25) is 0 Å². The fraction of sp³-hybridized carbons (Fsp3) is 0.238. The zero-order valence-electron chi connectivity index (χ0n) is 16.2. The zero-order chi connectivity index (χ0) is 20.8. The second-order valence-corrected chi connectivity index (χ2v) is 7.79. The molecule has 8 heteroatoms. The normalized spacial score (nSPS) is 10.7. The van der Waals surface area contributed by atoms with E-state index in [1.165, 1.54) is 11.8 Å². The maximum Gasteiger partial charge on any atom is 0.251 e. The Hall–Kier alpha value is -2.64. The van der Waals surface area contributed by atoms with E-state index in [9.17, 15) is 9.59 Å². The van der Waals surface area contributed by atoms with E-state index in [1.807, 2.05) is 30.5 Å². The summed E-state index contributed by atoms with van der Waals surface area (Å²) in [4.78, 5) is 24.7. The molecule has 0 atom stereocenters. The van der Waals surface area contributed by atoms with Gasteiger partial charge in [-0.1, -0.05) is 41.1 Å². The van der Waals surface area contributed by atoms with Gasteiger partial charge in [0.15, 0.2) is 16.8 Å². The Bertz CT molecular complexity index is 922. The van der Waals surface area contributed by atoms with E-state index in [0.29, 0.717) is 33.7 Å². The van der Waals surface area contributed by atoms with Crippen LogP contribution in [0.4, 0.5) is 0 Å². The number of thioether (sulfide) groups is 1. The van der Waals surface area contributed by atoms with Crippen molar-refractivity contribution in [2.45, 2.75) is 32.1 Å². The molecule has 150 valence electrons. The van der Waals surface area contributed by atoms with Crippen molar-refractivity contribution >= 4 is 35.1 Å². The lowest BCUT2D eigenvalue weighted by atomic mass is 10.1. The molecule has 0 unspecified atom stereocenters. The number of ketones is 1. The number of amides is 1. The number of aryl methyl sites for hydroxylation is 1. The number of hydrogen-bond acceptors (Lipinski definition) is 5. The van der Waals surface area contributed by atoms with Gasteiger partial charge in [-0.05, 0) is 50.2 Å². The molecule has 0 aliphatic carbocycles. The summed E-state index contributed by atoms with van der Waals surface area (Å²) in [7, 11) is 0. The smallest absolute Gasteiger partial charge is 0.251 e. The number of benzene rings is 2. The Morgan fingerprint density at radius 1 is 1.03 bits per heavy atom. The number of halogens is 1. The molecule has 0 radical (unpaired) electrons. The van der Waals surface area contributed by atoms with Crippen LogP contribution < -0.4 is 5.32 Å². The summed E-state index contributed by atoms with van der Waals surface area (Å²) in [6, 6.07) is 14.2. The Balaban J connectivity index is 1.60. The molecular weight excluding hydrogens is 408 g/mol. The summed E-state index contributed by atoms with van der Waals surface area (Å²) < 4.78 is 1.90. The van der Waals surface area contributed by atoms with Crippen molar-refractivity contribution in [3.63, 3.8) is 0 Å². The number of nitrogens with zero attached hydrogens (tertiary/aromatic N) is 3. The predicted octanol–water partition coefficient (Wildman–Crippen LogP) is 4.16. The van der Waals surface area contributed by atoms with Gasteiger partial charge in [-0.3, -0.25) is 9.59 Å². The standard InChI is InChI=1S/C21H21ClN4O2S/c1-3-26-19(12-23-20(28)16-6-4-14(2)5-7-16)24-25-21(26)29-13-18(27)15-8-10-17(22)11-9-15/h4-11H,3,12-13H2,1-2H3,(H,23,28). The van der Waals surface area contributed by atoms with E-state index in [4.69, 9.17) is 11.6 Å². The van der Waals surface area contributed by atoms with E-state index in [0.717, 1.165) is 5.56 Å². The van der Waals surface area contributed by atoms with E-state index in [-0.39, 0.29) is 24.0 Å². The fourth-order valence-electron chi connectivity index (χ4n) is 2.69. The van der Waals surface area contributed by atoms with Crippen LogP contribution in [-0.4, -0.2) is 32.2 Å². The highest BCUT2D eigenvalue weighted by molar-refractivity contribution is 7.99. The van der Waals surface area contributed by atoms with Crippen molar-refractivity contribution in [1.82, 2.24) is 20.1 Å². The quantitative estimate of drug-likeness (QED) is 0.430. The highest BCUT2D eigenvalue weighted by Crippen LogP contribution is 2.19. The molecular formula is C21H21ClN4O2S. The number of nitrogens with one attached hydrogen (secondary N) is 1. The zero-order valence-corrected chi connectivity index (χ0v) is 17.8. The van der Waals surface area contributed by atoms with E-state index < -0.39 is 0 Å². The monoisotopic (exact) mass is 428 g/mol. The summed E-state index contributed by atoms with van der Waals surface area (Å²) in [6.07, 6.45) is 0. The highest BCUT2D eigenvalue weighted by Gasteiger charge is 2.15. The molecule has 6 nitrogen and oxygen atoms in total. The molecule has 0 aliphatic rings. The van der Waals surface area contributed by atoms with Gasteiger partial charge < -0.3 is 9.88 Å². The largest absolute Gasteiger partial charge is 0.345 e. The molecule has 1 amide bonds. The molecule has 0 fully saturated rings. The number of aromatic nitrogens is 3. The predicted molar refractivity (Wildman–Crippen MR) is 115 cm³/mol. The third-order valence-corrected chi connectivity index (χ3v) is 5.55. The number of carbonyl (C=O) groups excluding carboxylic acids is 2. The van der Waals surface area contributed by atoms with Gasteiger partial charge >= 0.3 is 0 Å². The van der Waals surface area contributed by atoms with Gasteiger partial charge in [0, 0.05) is 22.7 Å². The molecule has 3 rings (SSSR count). The maximum atomic E-state index is 12.4. The average Bonchev–Trinajstić information content (AvgIpc) is 3.13. The van der Waals surface area contributed by atoms with Crippen LogP contribution in [0.2, 0.25) is 5.02 Å². The number of Topliss-reactive ketones (excluding diaryl/α,β-unsaturated/α-hetero) is 1. The summed E-state index contributed by atoms with van der Waals surface area (Å²) in [5, 5.41) is 12.5. The van der Waals surface area contributed by atoms with E-state index >= 15 is 0 Å². The van der Waals surface area contributed by atoms with Gasteiger partial charge in [-0.2, -0.15) is 0 Å². The third-order valence-electron chi connectivity index (χ3n) is 4.33. The SMILES string of the molecule is CCn1c(CNC(=O)c2ccc(C)cc2)nnc1SCC(=O)c1ccc(Cl)cc1. The lowest BCUT2D eigenvalue weighted by molar-refractivity contribution is 0.0948. The van der Waals surface area contributed by atoms with Crippen LogP contribution in [-0.2, 0) is 13.1 Å². The van der Waals surface area contributed by atoms with Gasteiger partial charge in [0.05, 0.1) is 12.3 Å². The number of carbonyl (C=O) groups is 2. The first kappa shape index (κ1) is 21.1. The Labute approximate surface area is 178 Å². The van der Waals surface area contributed by atoms with Crippen molar-refractivity contribution in [1.29, 1.82) is 0 Å². The van der Waals surface area contributed by atoms with Crippen LogP contribution in [0, 0.1) is 6.92 Å². The molecule has 0 spiro atoms. The summed E-state index contributed by atoms with van der Waals surface area (Å²) in [5.74, 6) is 0.721. The van der Waals surface area contributed by atoms with Gasteiger partial charge in [0.1, 0.15) is 0 Å². The first-order valence-electron chi connectivity index (χ1n) is 9.16. The van der Waals surface area contributed by atoms with E-state index in [2.05, 4.69) is 15.5 Å². The molecule has 1 aromatic heterocycles. The van der Waals surface area contributed by atoms with Crippen molar-refractivity contribution in [3.8, 4) is 0 Å². The Morgan fingerprint density at radius 3 is 2.34 bits per heavy atom. The minimum absolute atomic E-state index is 0.00783. The first-order valence-corrected chi connectivity index (χ1v) is 10.5.